The van der Waals surface area contributed by atoms with Crippen LogP contribution < -0.4 is 10.2 Å². The maximum atomic E-state index is 10.6. The Bertz CT molecular complexity index is 437. The molecule has 0 saturated heterocycles. The maximum absolute atomic E-state index is 10.6. The molecule has 0 spiro atoms. The first-order valence-electron chi connectivity index (χ1n) is 6.47. The molecule has 1 atom stereocenters. The number of hydrogen-bond acceptors (Lipinski definition) is 5. The van der Waals surface area contributed by atoms with Crippen LogP contribution in [0.3, 0.4) is 0 Å². The van der Waals surface area contributed by atoms with E-state index in [-0.39, 0.29) is 6.42 Å². The molecule has 1 unspecified atom stereocenters. The number of carboxylic acid groups (broad SMARTS) is 1. The zero-order valence-corrected chi connectivity index (χ0v) is 12.0. The van der Waals surface area contributed by atoms with Gasteiger partial charge in [0.2, 0.25) is 0 Å². The predicted octanol–water partition coefficient (Wildman–Crippen LogP) is 1.91. The van der Waals surface area contributed by atoms with Crippen LogP contribution in [-0.4, -0.2) is 40.7 Å². The van der Waals surface area contributed by atoms with Gasteiger partial charge in [0.25, 0.3) is 0 Å². The third kappa shape index (κ3) is 5.11. The van der Waals surface area contributed by atoms with Crippen LogP contribution in [0.25, 0.3) is 0 Å². The molecule has 0 bridgehead atoms. The van der Waals surface area contributed by atoms with Gasteiger partial charge in [-0.15, -0.1) is 0 Å². The highest BCUT2D eigenvalue weighted by Crippen LogP contribution is 2.16. The van der Waals surface area contributed by atoms with Gasteiger partial charge in [0, 0.05) is 25.7 Å². The predicted molar refractivity (Wildman–Crippen MR) is 75.7 cm³/mol. The summed E-state index contributed by atoms with van der Waals surface area (Å²) in [6.45, 7) is 6.45. The molecule has 0 aliphatic carbocycles. The Labute approximate surface area is 113 Å². The van der Waals surface area contributed by atoms with Crippen molar-refractivity contribution in [2.24, 2.45) is 0 Å². The number of anilines is 2. The number of carboxylic acids is 1. The molecule has 0 aliphatic rings. The smallest absolute Gasteiger partial charge is 0.305 e. The minimum absolute atomic E-state index is 0.0909. The van der Waals surface area contributed by atoms with Crippen LogP contribution >= 0.6 is 0 Å². The molecule has 0 aromatic carbocycles. The van der Waals surface area contributed by atoms with Crippen molar-refractivity contribution in [1.29, 1.82) is 0 Å². The molecule has 19 heavy (non-hydrogen) atoms. The fourth-order valence-corrected chi connectivity index (χ4v) is 1.55. The summed E-state index contributed by atoms with van der Waals surface area (Å²) < 4.78 is 0. The van der Waals surface area contributed by atoms with E-state index in [1.807, 2.05) is 24.9 Å². The van der Waals surface area contributed by atoms with Gasteiger partial charge in [-0.2, -0.15) is 0 Å². The molecule has 1 aromatic rings. The van der Waals surface area contributed by atoms with Crippen LogP contribution in [0, 0.1) is 6.92 Å². The minimum Gasteiger partial charge on any atom is -0.481 e. The maximum Gasteiger partial charge on any atom is 0.305 e. The molecule has 1 heterocycles. The molecule has 0 radical (unpaired) electrons. The van der Waals surface area contributed by atoms with E-state index in [1.54, 1.807) is 0 Å². The van der Waals surface area contributed by atoms with Crippen LogP contribution in [0.15, 0.2) is 6.07 Å². The molecule has 106 valence electrons. The Balaban J connectivity index is 2.80. The summed E-state index contributed by atoms with van der Waals surface area (Å²) in [5.74, 6) is 1.37. The van der Waals surface area contributed by atoms with Crippen LogP contribution in [0.1, 0.15) is 32.5 Å². The zero-order valence-electron chi connectivity index (χ0n) is 12.0. The van der Waals surface area contributed by atoms with Crippen molar-refractivity contribution in [1.82, 2.24) is 9.97 Å². The van der Waals surface area contributed by atoms with E-state index in [4.69, 9.17) is 5.11 Å². The van der Waals surface area contributed by atoms with Gasteiger partial charge in [0.05, 0.1) is 6.42 Å². The fraction of sp³-hybridized carbons (Fsp3) is 0.615. The molecule has 1 aromatic heterocycles. The van der Waals surface area contributed by atoms with E-state index in [1.165, 1.54) is 0 Å². The van der Waals surface area contributed by atoms with Gasteiger partial charge in [-0.1, -0.05) is 6.92 Å². The summed E-state index contributed by atoms with van der Waals surface area (Å²) in [6.07, 6.45) is 1.10. The number of aryl methyl sites for hydroxylation is 1. The number of nitrogens with zero attached hydrogens (tertiary/aromatic N) is 3. The fourth-order valence-electron chi connectivity index (χ4n) is 1.55. The number of aromatic nitrogens is 2. The first kappa shape index (κ1) is 15.2. The summed E-state index contributed by atoms with van der Waals surface area (Å²) in [5, 5.41) is 12.0. The van der Waals surface area contributed by atoms with E-state index >= 15 is 0 Å². The van der Waals surface area contributed by atoms with Gasteiger partial charge in [-0.3, -0.25) is 4.79 Å². The van der Waals surface area contributed by atoms with Crippen LogP contribution in [-0.2, 0) is 4.79 Å². The highest BCUT2D eigenvalue weighted by molar-refractivity contribution is 5.67. The number of nitrogens with one attached hydrogen (secondary N) is 1. The van der Waals surface area contributed by atoms with Gasteiger partial charge in [0.1, 0.15) is 17.5 Å². The highest BCUT2D eigenvalue weighted by atomic mass is 16.4. The van der Waals surface area contributed by atoms with Crippen molar-refractivity contribution >= 4 is 17.6 Å². The third-order valence-corrected chi connectivity index (χ3v) is 2.88. The van der Waals surface area contributed by atoms with Crippen LogP contribution in [0.2, 0.25) is 0 Å². The van der Waals surface area contributed by atoms with E-state index in [2.05, 4.69) is 29.1 Å². The van der Waals surface area contributed by atoms with E-state index in [0.717, 1.165) is 18.1 Å². The SMILES string of the molecule is CCC(C)Nc1cc(N(C)CCC(=O)O)nc(C)n1. The summed E-state index contributed by atoms with van der Waals surface area (Å²) in [4.78, 5) is 21.1. The van der Waals surface area contributed by atoms with Gasteiger partial charge < -0.3 is 15.3 Å². The second kappa shape index (κ2) is 6.92. The molecular formula is C13H22N4O2. The quantitative estimate of drug-likeness (QED) is 0.785. The molecule has 1 rings (SSSR count). The molecular weight excluding hydrogens is 244 g/mol. The van der Waals surface area contributed by atoms with Gasteiger partial charge >= 0.3 is 5.97 Å². The molecule has 0 aliphatic heterocycles. The monoisotopic (exact) mass is 266 g/mol. The first-order chi connectivity index (χ1) is 8.92. The average Bonchev–Trinajstić information content (AvgIpc) is 2.34. The Morgan fingerprint density at radius 1 is 1.53 bits per heavy atom. The second-order valence-corrected chi connectivity index (χ2v) is 4.68. The molecule has 6 heteroatoms. The standard InChI is InChI=1S/C13H22N4O2/c1-5-9(2)14-11-8-12(16-10(3)15-11)17(4)7-6-13(18)19/h8-9H,5-7H2,1-4H3,(H,18,19)(H,14,15,16). The Morgan fingerprint density at radius 2 is 2.21 bits per heavy atom. The molecule has 2 N–H and O–H groups in total. The summed E-state index contributed by atoms with van der Waals surface area (Å²) >= 11 is 0. The molecule has 0 saturated carbocycles. The minimum atomic E-state index is -0.810. The molecule has 0 fully saturated rings. The normalized spacial score (nSPS) is 12.0. The average molecular weight is 266 g/mol. The summed E-state index contributed by atoms with van der Waals surface area (Å²) in [6, 6.07) is 2.19. The van der Waals surface area contributed by atoms with Crippen molar-refractivity contribution in [2.75, 3.05) is 23.8 Å². The van der Waals surface area contributed by atoms with E-state index in [9.17, 15) is 4.79 Å². The number of aliphatic carboxylic acids is 1. The lowest BCUT2D eigenvalue weighted by Crippen LogP contribution is -2.23. The van der Waals surface area contributed by atoms with Crippen molar-refractivity contribution in [3.05, 3.63) is 11.9 Å². The van der Waals surface area contributed by atoms with Crippen LogP contribution in [0.5, 0.6) is 0 Å². The van der Waals surface area contributed by atoms with E-state index < -0.39 is 5.97 Å². The third-order valence-electron chi connectivity index (χ3n) is 2.88. The largest absolute Gasteiger partial charge is 0.481 e. The van der Waals surface area contributed by atoms with Crippen molar-refractivity contribution < 1.29 is 9.90 Å². The second-order valence-electron chi connectivity index (χ2n) is 4.68. The zero-order chi connectivity index (χ0) is 14.4. The number of rotatable bonds is 7. The lowest BCUT2D eigenvalue weighted by Gasteiger charge is -2.19. The lowest BCUT2D eigenvalue weighted by molar-refractivity contribution is -0.136. The summed E-state index contributed by atoms with van der Waals surface area (Å²) in [5.41, 5.74) is 0. The van der Waals surface area contributed by atoms with Crippen molar-refractivity contribution in [3.63, 3.8) is 0 Å². The number of hydrogen-bond donors (Lipinski definition) is 2. The number of carbonyl (C=O) groups is 1. The van der Waals surface area contributed by atoms with Crippen molar-refractivity contribution in [3.8, 4) is 0 Å². The van der Waals surface area contributed by atoms with Crippen molar-refractivity contribution in [2.45, 2.75) is 39.7 Å². The Hall–Kier alpha value is -1.85. The van der Waals surface area contributed by atoms with Gasteiger partial charge in [-0.05, 0) is 20.3 Å². The first-order valence-corrected chi connectivity index (χ1v) is 6.47. The molecule has 0 amide bonds. The lowest BCUT2D eigenvalue weighted by atomic mass is 10.2. The van der Waals surface area contributed by atoms with Gasteiger partial charge in [-0.25, -0.2) is 9.97 Å². The van der Waals surface area contributed by atoms with Crippen LogP contribution in [0.4, 0.5) is 11.6 Å². The molecule has 6 nitrogen and oxygen atoms in total. The topological polar surface area (TPSA) is 78.4 Å². The van der Waals surface area contributed by atoms with E-state index in [0.29, 0.717) is 18.4 Å². The summed E-state index contributed by atoms with van der Waals surface area (Å²) in [7, 11) is 1.83. The highest BCUT2D eigenvalue weighted by Gasteiger charge is 2.09. The Kier molecular flexibility index (Phi) is 5.54. The van der Waals surface area contributed by atoms with Gasteiger partial charge in [0.15, 0.2) is 0 Å². The Morgan fingerprint density at radius 3 is 2.79 bits per heavy atom.